The second-order valence-electron chi connectivity index (χ2n) is 16.4. The summed E-state index contributed by atoms with van der Waals surface area (Å²) in [6.45, 7) is 6.67. The molecule has 1 aliphatic heterocycles. The van der Waals surface area contributed by atoms with E-state index in [1.54, 1.807) is 28.4 Å². The summed E-state index contributed by atoms with van der Waals surface area (Å²) in [5, 5.41) is 5.50. The number of fused-ring (bicyclic) bond motifs is 3. The van der Waals surface area contributed by atoms with Crippen molar-refractivity contribution in [1.29, 1.82) is 0 Å². The summed E-state index contributed by atoms with van der Waals surface area (Å²) in [4.78, 5) is 4.49. The Morgan fingerprint density at radius 2 is 0.758 bits per heavy atom. The number of aromatic nitrogens is 2. The number of benzene rings is 7. The molecule has 310 valence electrons. The van der Waals surface area contributed by atoms with Gasteiger partial charge in [-0.2, -0.15) is 5.10 Å². The fourth-order valence-corrected chi connectivity index (χ4v) is 8.58. The monoisotopic (exact) mass is 818 g/mol. The molecule has 7 aromatic carbocycles. The van der Waals surface area contributed by atoms with E-state index in [1.807, 2.05) is 48.5 Å². The zero-order valence-electron chi connectivity index (χ0n) is 36.2. The van der Waals surface area contributed by atoms with Crippen LogP contribution < -0.4 is 28.7 Å². The van der Waals surface area contributed by atoms with Crippen molar-refractivity contribution in [3.8, 4) is 34.3 Å². The summed E-state index contributed by atoms with van der Waals surface area (Å²) in [7, 11) is 6.75. The molecule has 62 heavy (non-hydrogen) atoms. The topological polar surface area (TPSA) is 61.2 Å². The zero-order chi connectivity index (χ0) is 43.0. The third-order valence-corrected chi connectivity index (χ3v) is 11.8. The van der Waals surface area contributed by atoms with Gasteiger partial charge in [-0.15, -0.1) is 0 Å². The summed E-state index contributed by atoms with van der Waals surface area (Å²) in [5.41, 5.74) is 11.7. The molecule has 0 radical (unpaired) electrons. The van der Waals surface area contributed by atoms with E-state index in [0.29, 0.717) is 0 Å². The predicted molar refractivity (Wildman–Crippen MR) is 250 cm³/mol. The molecular weight excluding hydrogens is 769 g/mol. The van der Waals surface area contributed by atoms with Crippen LogP contribution in [0.25, 0.3) is 11.3 Å². The smallest absolute Gasteiger partial charge is 0.139 e. The Balaban J connectivity index is 1.22. The summed E-state index contributed by atoms with van der Waals surface area (Å²) >= 11 is 0. The van der Waals surface area contributed by atoms with Crippen molar-refractivity contribution in [2.24, 2.45) is 0 Å². The average Bonchev–Trinajstić information content (AvgIpc) is 3.89. The lowest BCUT2D eigenvalue weighted by molar-refractivity contribution is 0.414. The number of anilines is 6. The molecule has 0 saturated heterocycles. The largest absolute Gasteiger partial charge is 0.497 e. The van der Waals surface area contributed by atoms with Crippen LogP contribution in [0.1, 0.15) is 43.2 Å². The fraction of sp³-hybridized carbons (Fsp3) is 0.167. The van der Waals surface area contributed by atoms with Crippen molar-refractivity contribution in [1.82, 2.24) is 9.78 Å². The van der Waals surface area contributed by atoms with Crippen molar-refractivity contribution in [2.75, 3.05) is 38.2 Å². The van der Waals surface area contributed by atoms with Crippen molar-refractivity contribution >= 4 is 34.1 Å². The molecule has 8 heteroatoms. The maximum Gasteiger partial charge on any atom is 0.139 e. The first-order valence-electron chi connectivity index (χ1n) is 20.7. The molecule has 1 aromatic heterocycles. The molecule has 0 bridgehead atoms. The first kappa shape index (κ1) is 40.0. The second kappa shape index (κ2) is 16.2. The number of hydrogen-bond donors (Lipinski definition) is 0. The minimum atomic E-state index is -0.789. The Kier molecular flexibility index (Phi) is 10.4. The number of ether oxygens (including phenoxy) is 4. The molecule has 0 saturated carbocycles. The molecule has 8 aromatic rings. The highest BCUT2D eigenvalue weighted by Crippen LogP contribution is 2.53. The van der Waals surface area contributed by atoms with Gasteiger partial charge in [0.15, 0.2) is 0 Å². The van der Waals surface area contributed by atoms with E-state index in [4.69, 9.17) is 24.0 Å². The van der Waals surface area contributed by atoms with Crippen LogP contribution in [0.4, 0.5) is 34.1 Å². The van der Waals surface area contributed by atoms with Crippen molar-refractivity contribution in [2.45, 2.75) is 31.7 Å². The Bertz CT molecular complexity index is 2550. The van der Waals surface area contributed by atoms with Gasteiger partial charge in [-0.1, -0.05) is 69.3 Å². The lowest BCUT2D eigenvalue weighted by Crippen LogP contribution is -2.36. The van der Waals surface area contributed by atoms with Crippen LogP contribution in [0.3, 0.4) is 0 Å². The van der Waals surface area contributed by atoms with E-state index in [9.17, 15) is 0 Å². The summed E-state index contributed by atoms with van der Waals surface area (Å²) in [5.74, 6) is 3.19. The first-order valence-corrected chi connectivity index (χ1v) is 20.7. The second-order valence-corrected chi connectivity index (χ2v) is 16.4. The predicted octanol–water partition coefficient (Wildman–Crippen LogP) is 13.0. The van der Waals surface area contributed by atoms with E-state index in [2.05, 4.69) is 163 Å². The maximum absolute atomic E-state index is 5.52. The molecule has 9 rings (SSSR count). The first-order chi connectivity index (χ1) is 30.2. The zero-order valence-corrected chi connectivity index (χ0v) is 36.2. The van der Waals surface area contributed by atoms with Gasteiger partial charge in [0.25, 0.3) is 0 Å². The highest BCUT2D eigenvalue weighted by molar-refractivity contribution is 5.81. The van der Waals surface area contributed by atoms with Crippen LogP contribution in [-0.4, -0.2) is 38.2 Å². The van der Waals surface area contributed by atoms with Crippen LogP contribution in [0.2, 0.25) is 0 Å². The normalized spacial score (nSPS) is 12.6. The summed E-state index contributed by atoms with van der Waals surface area (Å²) < 4.78 is 24.4. The van der Waals surface area contributed by atoms with E-state index in [1.165, 1.54) is 11.1 Å². The van der Waals surface area contributed by atoms with Crippen LogP contribution in [0, 0.1) is 0 Å². The van der Waals surface area contributed by atoms with Gasteiger partial charge in [-0.25, -0.2) is 4.68 Å². The van der Waals surface area contributed by atoms with Gasteiger partial charge in [-0.3, -0.25) is 0 Å². The van der Waals surface area contributed by atoms with Crippen molar-refractivity contribution in [3.63, 3.8) is 0 Å². The van der Waals surface area contributed by atoms with Gasteiger partial charge in [0.1, 0.15) is 28.5 Å². The molecule has 8 nitrogen and oxygen atoms in total. The molecule has 0 atom stereocenters. The van der Waals surface area contributed by atoms with Crippen LogP contribution >= 0.6 is 0 Å². The average molecular weight is 819 g/mol. The number of hydrogen-bond acceptors (Lipinski definition) is 7. The van der Waals surface area contributed by atoms with Gasteiger partial charge in [0, 0.05) is 45.1 Å². The molecule has 2 heterocycles. The highest BCUT2D eigenvalue weighted by Gasteiger charge is 2.48. The lowest BCUT2D eigenvalue weighted by Gasteiger charge is -2.35. The van der Waals surface area contributed by atoms with Crippen LogP contribution in [-0.2, 0) is 11.0 Å². The number of methoxy groups -OCH3 is 4. The van der Waals surface area contributed by atoms with Gasteiger partial charge >= 0.3 is 0 Å². The Hall–Kier alpha value is -7.45. The van der Waals surface area contributed by atoms with Crippen molar-refractivity contribution < 1.29 is 18.9 Å². The molecule has 0 N–H and O–H groups in total. The molecule has 1 aliphatic rings. The minimum absolute atomic E-state index is 0.166. The molecule has 0 amide bonds. The van der Waals surface area contributed by atoms with Gasteiger partial charge in [0.05, 0.1) is 39.8 Å². The SMILES string of the molecule is COc1ccc(N(c2ccc(OC)cc2)c2ccc(C3(c4ccc(N(c5ccc(OC)cc5)c5ccc(OC)cc5)cc4)c4ccccc4-c4cc(C(C)(C)C)nn43)cc2)cc1. The van der Waals surface area contributed by atoms with Crippen LogP contribution in [0.5, 0.6) is 23.0 Å². The van der Waals surface area contributed by atoms with E-state index in [-0.39, 0.29) is 5.41 Å². The van der Waals surface area contributed by atoms with Crippen LogP contribution in [0.15, 0.2) is 176 Å². The fourth-order valence-electron chi connectivity index (χ4n) is 8.58. The molecule has 0 fully saturated rings. The minimum Gasteiger partial charge on any atom is -0.497 e. The summed E-state index contributed by atoms with van der Waals surface area (Å²) in [6.07, 6.45) is 0. The third-order valence-electron chi connectivity index (χ3n) is 11.8. The quantitative estimate of drug-likeness (QED) is 0.122. The standard InChI is InChI=1S/C54H50N4O4/c1-53(2,3)52-36-51-49-10-8-9-11-50(49)54(58(51)55-52,37-12-16-39(17-13-37)56(41-20-28-45(59-4)29-21-41)42-22-30-46(60-5)31-23-42)38-14-18-40(19-15-38)57(43-24-32-47(61-6)33-25-43)44-26-34-48(62-7)35-27-44/h8-36H,1-7H3. The Morgan fingerprint density at radius 3 is 1.08 bits per heavy atom. The van der Waals surface area contributed by atoms with E-state index in [0.717, 1.165) is 79.6 Å². The molecule has 0 unspecified atom stereocenters. The molecule has 0 aliphatic carbocycles. The summed E-state index contributed by atoms with van der Waals surface area (Å²) in [6, 6.07) is 61.5. The number of rotatable bonds is 12. The Morgan fingerprint density at radius 1 is 0.435 bits per heavy atom. The molecular formula is C54H50N4O4. The van der Waals surface area contributed by atoms with E-state index >= 15 is 0 Å². The third kappa shape index (κ3) is 6.97. The highest BCUT2D eigenvalue weighted by atomic mass is 16.5. The number of nitrogens with zero attached hydrogens (tertiary/aromatic N) is 4. The van der Waals surface area contributed by atoms with Crippen molar-refractivity contribution in [3.05, 3.63) is 198 Å². The molecule has 0 spiro atoms. The van der Waals surface area contributed by atoms with Gasteiger partial charge < -0.3 is 28.7 Å². The maximum atomic E-state index is 5.52. The Labute approximate surface area is 364 Å². The van der Waals surface area contributed by atoms with Gasteiger partial charge in [-0.05, 0) is 144 Å². The van der Waals surface area contributed by atoms with Gasteiger partial charge in [0.2, 0.25) is 0 Å². The lowest BCUT2D eigenvalue weighted by atomic mass is 9.77. The van der Waals surface area contributed by atoms with E-state index < -0.39 is 5.54 Å².